The minimum atomic E-state index is -0.691. The number of ether oxygens (including phenoxy) is 2. The number of aryl methyl sites for hydroxylation is 1. The summed E-state index contributed by atoms with van der Waals surface area (Å²) in [6.45, 7) is 5.39. The second kappa shape index (κ2) is 8.23. The lowest BCUT2D eigenvalue weighted by Gasteiger charge is -2.32. The van der Waals surface area contributed by atoms with Crippen LogP contribution in [0.5, 0.6) is 11.5 Å². The number of nitrogens with zero attached hydrogens (tertiary/aromatic N) is 1. The van der Waals surface area contributed by atoms with E-state index in [9.17, 15) is 4.79 Å². The van der Waals surface area contributed by atoms with Crippen molar-refractivity contribution in [2.75, 3.05) is 19.7 Å². The lowest BCUT2D eigenvalue weighted by molar-refractivity contribution is -0.138. The molecular formula is C23H27NO4. The molecule has 4 rings (SSSR count). The van der Waals surface area contributed by atoms with Gasteiger partial charge < -0.3 is 14.6 Å². The molecule has 2 aliphatic rings. The number of benzene rings is 2. The summed E-state index contributed by atoms with van der Waals surface area (Å²) in [5.74, 6) is 1.16. The van der Waals surface area contributed by atoms with Gasteiger partial charge in [0.05, 0.1) is 0 Å². The number of piperidine rings is 1. The molecule has 0 aromatic heterocycles. The standard InChI is InChI=1S/C23H27NO4/c1-16-11-18(14-24-10-4-5-17(13-24)12-23(25)26)8-9-19(16)22-15-27-20-6-2-3-7-21(20)28-22/h2-3,6-9,11,17,22H,4-5,10,12-15H2,1H3,(H,25,26)/t17-,22+/m0/s1. The molecule has 1 saturated heterocycles. The number of fused-ring (bicyclic) bond motifs is 1. The quantitative estimate of drug-likeness (QED) is 0.841. The van der Waals surface area contributed by atoms with Crippen LogP contribution in [-0.4, -0.2) is 35.7 Å². The molecule has 5 heteroatoms. The van der Waals surface area contributed by atoms with E-state index in [1.807, 2.05) is 24.3 Å². The van der Waals surface area contributed by atoms with Crippen LogP contribution in [0.25, 0.3) is 0 Å². The van der Waals surface area contributed by atoms with E-state index < -0.39 is 5.97 Å². The molecule has 5 nitrogen and oxygen atoms in total. The van der Waals surface area contributed by atoms with Gasteiger partial charge in [0.1, 0.15) is 6.61 Å². The van der Waals surface area contributed by atoms with Gasteiger partial charge in [0.2, 0.25) is 0 Å². The molecule has 2 aromatic carbocycles. The van der Waals surface area contributed by atoms with Crippen LogP contribution in [0.4, 0.5) is 0 Å². The van der Waals surface area contributed by atoms with Crippen LogP contribution in [0.3, 0.4) is 0 Å². The molecule has 0 bridgehead atoms. The first-order chi connectivity index (χ1) is 13.6. The van der Waals surface area contributed by atoms with Crippen molar-refractivity contribution in [1.82, 2.24) is 4.90 Å². The van der Waals surface area contributed by atoms with Gasteiger partial charge >= 0.3 is 5.97 Å². The largest absolute Gasteiger partial charge is 0.485 e. The maximum atomic E-state index is 11.0. The van der Waals surface area contributed by atoms with Gasteiger partial charge in [-0.1, -0.05) is 30.3 Å². The number of aliphatic carboxylic acids is 1. The third kappa shape index (κ3) is 4.30. The van der Waals surface area contributed by atoms with Crippen molar-refractivity contribution in [3.63, 3.8) is 0 Å². The van der Waals surface area contributed by atoms with Gasteiger partial charge in [-0.3, -0.25) is 9.69 Å². The van der Waals surface area contributed by atoms with E-state index in [0.29, 0.717) is 6.61 Å². The minimum Gasteiger partial charge on any atom is -0.485 e. The zero-order chi connectivity index (χ0) is 19.5. The highest BCUT2D eigenvalue weighted by molar-refractivity contribution is 5.67. The lowest BCUT2D eigenvalue weighted by Crippen LogP contribution is -2.35. The fraction of sp³-hybridized carbons (Fsp3) is 0.435. The first kappa shape index (κ1) is 18.8. The highest BCUT2D eigenvalue weighted by Gasteiger charge is 2.25. The molecule has 2 aromatic rings. The van der Waals surface area contributed by atoms with E-state index in [1.54, 1.807) is 0 Å². The van der Waals surface area contributed by atoms with Crippen LogP contribution < -0.4 is 9.47 Å². The number of para-hydroxylation sites is 2. The average molecular weight is 381 g/mol. The molecule has 0 amide bonds. The highest BCUT2D eigenvalue weighted by Crippen LogP contribution is 2.36. The summed E-state index contributed by atoms with van der Waals surface area (Å²) >= 11 is 0. The predicted octanol–water partition coefficient (Wildman–Crippen LogP) is 4.19. The number of rotatable bonds is 5. The maximum Gasteiger partial charge on any atom is 0.303 e. The molecule has 0 radical (unpaired) electrons. The Kier molecular flexibility index (Phi) is 5.53. The van der Waals surface area contributed by atoms with Crippen LogP contribution in [0.15, 0.2) is 42.5 Å². The van der Waals surface area contributed by atoms with E-state index in [2.05, 4.69) is 30.0 Å². The van der Waals surface area contributed by atoms with Crippen LogP contribution in [-0.2, 0) is 11.3 Å². The molecule has 148 valence electrons. The fourth-order valence-electron chi connectivity index (χ4n) is 4.34. The molecule has 0 saturated carbocycles. The van der Waals surface area contributed by atoms with Gasteiger partial charge in [-0.2, -0.15) is 0 Å². The second-order valence-corrected chi connectivity index (χ2v) is 7.90. The number of carboxylic acids is 1. The third-order valence-electron chi connectivity index (χ3n) is 5.66. The number of hydrogen-bond donors (Lipinski definition) is 1. The SMILES string of the molecule is Cc1cc(CN2CCC[C@@H](CC(=O)O)C2)ccc1[C@H]1COc2ccccc2O1. The third-order valence-corrected chi connectivity index (χ3v) is 5.66. The zero-order valence-electron chi connectivity index (χ0n) is 16.3. The summed E-state index contributed by atoms with van der Waals surface area (Å²) in [6.07, 6.45) is 2.26. The number of hydrogen-bond acceptors (Lipinski definition) is 4. The molecule has 0 aliphatic carbocycles. The number of likely N-dealkylation sites (tertiary alicyclic amines) is 1. The molecular weight excluding hydrogens is 354 g/mol. The van der Waals surface area contributed by atoms with Crippen LogP contribution in [0.2, 0.25) is 0 Å². The van der Waals surface area contributed by atoms with E-state index in [1.165, 1.54) is 11.1 Å². The van der Waals surface area contributed by atoms with Crippen LogP contribution >= 0.6 is 0 Å². The summed E-state index contributed by atoms with van der Waals surface area (Å²) in [7, 11) is 0. The number of carboxylic acid groups (broad SMARTS) is 1. The van der Waals surface area contributed by atoms with Crippen LogP contribution in [0, 0.1) is 12.8 Å². The van der Waals surface area contributed by atoms with Gasteiger partial charge in [0.25, 0.3) is 0 Å². The first-order valence-corrected chi connectivity index (χ1v) is 10.0. The molecule has 1 N–H and O–H groups in total. The summed E-state index contributed by atoms with van der Waals surface area (Å²) in [6, 6.07) is 14.3. The molecule has 2 aliphatic heterocycles. The average Bonchev–Trinajstić information content (AvgIpc) is 2.67. The van der Waals surface area contributed by atoms with E-state index in [0.717, 1.165) is 49.5 Å². The Balaban J connectivity index is 1.41. The van der Waals surface area contributed by atoms with Gasteiger partial charge in [0, 0.05) is 19.5 Å². The Morgan fingerprint density at radius 3 is 2.82 bits per heavy atom. The summed E-state index contributed by atoms with van der Waals surface area (Å²) in [4.78, 5) is 13.4. The minimum absolute atomic E-state index is 0.0983. The predicted molar refractivity (Wildman–Crippen MR) is 107 cm³/mol. The molecule has 0 spiro atoms. The summed E-state index contributed by atoms with van der Waals surface area (Å²) in [5.41, 5.74) is 3.61. The Morgan fingerprint density at radius 2 is 2.04 bits per heavy atom. The van der Waals surface area contributed by atoms with Crippen molar-refractivity contribution < 1.29 is 19.4 Å². The monoisotopic (exact) mass is 381 g/mol. The Labute approximate surface area is 165 Å². The van der Waals surface area contributed by atoms with Crippen molar-refractivity contribution in [1.29, 1.82) is 0 Å². The summed E-state index contributed by atoms with van der Waals surface area (Å²) < 4.78 is 12.0. The van der Waals surface area contributed by atoms with Gasteiger partial charge in [-0.15, -0.1) is 0 Å². The van der Waals surface area contributed by atoms with Crippen molar-refractivity contribution in [3.8, 4) is 11.5 Å². The van der Waals surface area contributed by atoms with Gasteiger partial charge in [-0.25, -0.2) is 0 Å². The first-order valence-electron chi connectivity index (χ1n) is 10.0. The summed E-state index contributed by atoms with van der Waals surface area (Å²) in [5, 5.41) is 9.05. The van der Waals surface area contributed by atoms with Gasteiger partial charge in [-0.05, 0) is 61.1 Å². The Bertz CT molecular complexity index is 850. The van der Waals surface area contributed by atoms with E-state index in [-0.39, 0.29) is 18.4 Å². The molecule has 1 fully saturated rings. The Morgan fingerprint density at radius 1 is 1.21 bits per heavy atom. The van der Waals surface area contributed by atoms with E-state index in [4.69, 9.17) is 14.6 Å². The second-order valence-electron chi connectivity index (χ2n) is 7.90. The topological polar surface area (TPSA) is 59.0 Å². The number of carbonyl (C=O) groups is 1. The van der Waals surface area contributed by atoms with Crippen molar-refractivity contribution >= 4 is 5.97 Å². The maximum absolute atomic E-state index is 11.0. The van der Waals surface area contributed by atoms with Crippen molar-refractivity contribution in [2.24, 2.45) is 5.92 Å². The molecule has 2 atom stereocenters. The smallest absolute Gasteiger partial charge is 0.303 e. The molecule has 28 heavy (non-hydrogen) atoms. The van der Waals surface area contributed by atoms with Crippen molar-refractivity contribution in [3.05, 3.63) is 59.2 Å². The molecule has 0 unspecified atom stereocenters. The zero-order valence-corrected chi connectivity index (χ0v) is 16.3. The highest BCUT2D eigenvalue weighted by atomic mass is 16.6. The normalized spacial score (nSPS) is 22.0. The fourth-order valence-corrected chi connectivity index (χ4v) is 4.34. The lowest BCUT2D eigenvalue weighted by atomic mass is 9.94. The van der Waals surface area contributed by atoms with Crippen LogP contribution in [0.1, 0.15) is 42.1 Å². The van der Waals surface area contributed by atoms with Gasteiger partial charge in [0.15, 0.2) is 17.6 Å². The molecule has 2 heterocycles. The van der Waals surface area contributed by atoms with Crippen molar-refractivity contribution in [2.45, 2.75) is 38.8 Å². The van der Waals surface area contributed by atoms with E-state index >= 15 is 0 Å². The Hall–Kier alpha value is -2.53.